The molecule has 0 aliphatic carbocycles. The number of aliphatic carboxylic acids is 1. The lowest BCUT2D eigenvalue weighted by atomic mass is 10.3. The fourth-order valence-electron chi connectivity index (χ4n) is 3.03. The molecular weight excluding hydrogens is 446 g/mol. The predicted octanol–water partition coefficient (Wildman–Crippen LogP) is 4.57. The Balaban J connectivity index is 1.38. The number of halogens is 1. The summed E-state index contributed by atoms with van der Waals surface area (Å²) in [6, 6.07) is 20.4. The van der Waals surface area contributed by atoms with Crippen molar-refractivity contribution in [3.05, 3.63) is 84.0 Å². The molecule has 1 heterocycles. The number of ether oxygens (including phenoxy) is 2. The lowest BCUT2D eigenvalue weighted by Gasteiger charge is -2.21. The van der Waals surface area contributed by atoms with Gasteiger partial charge in [0.05, 0.1) is 17.2 Å². The van der Waals surface area contributed by atoms with Crippen molar-refractivity contribution in [2.75, 3.05) is 18.1 Å². The zero-order valence-electron chi connectivity index (χ0n) is 17.2. The highest BCUT2D eigenvalue weighted by atomic mass is 35.5. The van der Waals surface area contributed by atoms with Crippen LogP contribution in [0.2, 0.25) is 5.02 Å². The van der Waals surface area contributed by atoms with Crippen molar-refractivity contribution in [1.82, 2.24) is 9.97 Å². The number of benzene rings is 3. The van der Waals surface area contributed by atoms with Crippen molar-refractivity contribution < 1.29 is 24.2 Å². The molecule has 8 nitrogen and oxygen atoms in total. The van der Waals surface area contributed by atoms with Gasteiger partial charge in [-0.15, -0.1) is 0 Å². The minimum absolute atomic E-state index is 0.318. The van der Waals surface area contributed by atoms with Crippen molar-refractivity contribution in [3.8, 4) is 17.4 Å². The van der Waals surface area contributed by atoms with Gasteiger partial charge in [0.15, 0.2) is 6.61 Å². The summed E-state index contributed by atoms with van der Waals surface area (Å²) < 4.78 is 11.3. The Morgan fingerprint density at radius 1 is 0.939 bits per heavy atom. The van der Waals surface area contributed by atoms with Crippen LogP contribution in [0.25, 0.3) is 11.0 Å². The number of amides is 1. The lowest BCUT2D eigenvalue weighted by molar-refractivity contribution is -0.136. The molecule has 0 saturated carbocycles. The second-order valence-electron chi connectivity index (χ2n) is 6.91. The van der Waals surface area contributed by atoms with Gasteiger partial charge in [-0.05, 0) is 54.6 Å². The molecule has 0 fully saturated rings. The average Bonchev–Trinajstić information content (AvgIpc) is 2.82. The molecule has 0 atom stereocenters. The van der Waals surface area contributed by atoms with Crippen LogP contribution < -0.4 is 14.4 Å². The van der Waals surface area contributed by atoms with Crippen LogP contribution in [-0.4, -0.2) is 40.1 Å². The Morgan fingerprint density at radius 2 is 1.67 bits per heavy atom. The second kappa shape index (κ2) is 9.97. The molecule has 0 radical (unpaired) electrons. The third-order valence-corrected chi connectivity index (χ3v) is 4.79. The number of carbonyl (C=O) groups excluding carboxylic acids is 1. The lowest BCUT2D eigenvalue weighted by Crippen LogP contribution is -2.38. The number of hydrogen-bond donors (Lipinski definition) is 1. The van der Waals surface area contributed by atoms with E-state index in [0.29, 0.717) is 39.1 Å². The van der Waals surface area contributed by atoms with Crippen LogP contribution in [0, 0.1) is 0 Å². The maximum atomic E-state index is 12.6. The zero-order valence-corrected chi connectivity index (χ0v) is 18.0. The van der Waals surface area contributed by atoms with E-state index in [9.17, 15) is 9.59 Å². The number of aromatic nitrogens is 2. The van der Waals surface area contributed by atoms with E-state index in [-0.39, 0.29) is 6.61 Å². The van der Waals surface area contributed by atoms with E-state index in [0.717, 1.165) is 4.90 Å². The third kappa shape index (κ3) is 5.75. The molecule has 0 saturated heterocycles. The maximum absolute atomic E-state index is 12.6. The molecule has 0 spiro atoms. The molecule has 4 aromatic rings. The standard InChI is InChI=1S/C24H18ClN3O5/c25-16-6-11-20-21(12-16)26-13-22(27-20)33-19-9-7-18(8-10-19)32-15-23(29)28(14-24(30)31)17-4-2-1-3-5-17/h1-13H,14-15H2,(H,30,31). The topological polar surface area (TPSA) is 102 Å². The number of para-hydroxylation sites is 1. The Labute approximate surface area is 194 Å². The number of nitrogens with zero attached hydrogens (tertiary/aromatic N) is 3. The van der Waals surface area contributed by atoms with Gasteiger partial charge in [0.25, 0.3) is 5.91 Å². The highest BCUT2D eigenvalue weighted by Gasteiger charge is 2.19. The van der Waals surface area contributed by atoms with E-state index in [1.807, 2.05) is 0 Å². The van der Waals surface area contributed by atoms with E-state index >= 15 is 0 Å². The van der Waals surface area contributed by atoms with Crippen LogP contribution in [-0.2, 0) is 9.59 Å². The van der Waals surface area contributed by atoms with Gasteiger partial charge in [-0.25, -0.2) is 9.97 Å². The van der Waals surface area contributed by atoms with Gasteiger partial charge in [-0.2, -0.15) is 0 Å². The Kier molecular flexibility index (Phi) is 6.66. The molecule has 9 heteroatoms. The molecule has 1 N–H and O–H groups in total. The summed E-state index contributed by atoms with van der Waals surface area (Å²) in [5.41, 5.74) is 1.80. The van der Waals surface area contributed by atoms with Crippen LogP contribution in [0.15, 0.2) is 79.0 Å². The third-order valence-electron chi connectivity index (χ3n) is 4.55. The van der Waals surface area contributed by atoms with E-state index < -0.39 is 18.4 Å². The van der Waals surface area contributed by atoms with Crippen LogP contribution in [0.5, 0.6) is 17.4 Å². The minimum Gasteiger partial charge on any atom is -0.484 e. The van der Waals surface area contributed by atoms with E-state index in [4.69, 9.17) is 26.2 Å². The van der Waals surface area contributed by atoms with Crippen molar-refractivity contribution in [2.24, 2.45) is 0 Å². The van der Waals surface area contributed by atoms with Gasteiger partial charge in [0, 0.05) is 10.7 Å². The Morgan fingerprint density at radius 3 is 2.39 bits per heavy atom. The van der Waals surface area contributed by atoms with Gasteiger partial charge < -0.3 is 14.6 Å². The Hall–Kier alpha value is -4.17. The van der Waals surface area contributed by atoms with Crippen molar-refractivity contribution >= 4 is 40.2 Å². The van der Waals surface area contributed by atoms with Crippen LogP contribution in [0.1, 0.15) is 0 Å². The average molecular weight is 464 g/mol. The fourth-order valence-corrected chi connectivity index (χ4v) is 3.20. The summed E-state index contributed by atoms with van der Waals surface area (Å²) >= 11 is 5.96. The van der Waals surface area contributed by atoms with Crippen LogP contribution >= 0.6 is 11.6 Å². The molecule has 1 amide bonds. The number of fused-ring (bicyclic) bond motifs is 1. The van der Waals surface area contributed by atoms with Gasteiger partial charge in [-0.3, -0.25) is 14.5 Å². The smallest absolute Gasteiger partial charge is 0.323 e. The molecule has 0 bridgehead atoms. The summed E-state index contributed by atoms with van der Waals surface area (Å²) in [6.07, 6.45) is 1.50. The summed E-state index contributed by atoms with van der Waals surface area (Å²) in [6.45, 7) is -0.779. The quantitative estimate of drug-likeness (QED) is 0.408. The first kappa shape index (κ1) is 22.0. The molecule has 0 unspecified atom stereocenters. The summed E-state index contributed by atoms with van der Waals surface area (Å²) in [5, 5.41) is 9.72. The number of anilines is 1. The first-order valence-electron chi connectivity index (χ1n) is 9.88. The zero-order chi connectivity index (χ0) is 23.2. The molecule has 0 aliphatic rings. The highest BCUT2D eigenvalue weighted by Crippen LogP contribution is 2.24. The normalized spacial score (nSPS) is 10.6. The first-order chi connectivity index (χ1) is 16.0. The monoisotopic (exact) mass is 463 g/mol. The van der Waals surface area contributed by atoms with Gasteiger partial charge >= 0.3 is 5.97 Å². The predicted molar refractivity (Wildman–Crippen MR) is 123 cm³/mol. The fraction of sp³-hybridized carbons (Fsp3) is 0.0833. The van der Waals surface area contributed by atoms with Crippen molar-refractivity contribution in [2.45, 2.75) is 0 Å². The summed E-state index contributed by atoms with van der Waals surface area (Å²) in [4.78, 5) is 33.6. The highest BCUT2D eigenvalue weighted by molar-refractivity contribution is 6.31. The van der Waals surface area contributed by atoms with Gasteiger partial charge in [0.2, 0.25) is 5.88 Å². The van der Waals surface area contributed by atoms with Crippen LogP contribution in [0.3, 0.4) is 0 Å². The molecule has 4 rings (SSSR count). The molecule has 3 aromatic carbocycles. The summed E-state index contributed by atoms with van der Waals surface area (Å²) in [7, 11) is 0. The van der Waals surface area contributed by atoms with Crippen LogP contribution in [0.4, 0.5) is 5.69 Å². The maximum Gasteiger partial charge on any atom is 0.323 e. The molecule has 166 valence electrons. The number of carbonyl (C=O) groups is 2. The molecule has 0 aliphatic heterocycles. The van der Waals surface area contributed by atoms with E-state index in [1.54, 1.807) is 72.8 Å². The number of hydrogen-bond acceptors (Lipinski definition) is 6. The molecule has 1 aromatic heterocycles. The number of rotatable bonds is 8. The first-order valence-corrected chi connectivity index (χ1v) is 10.3. The largest absolute Gasteiger partial charge is 0.484 e. The van der Waals surface area contributed by atoms with Gasteiger partial charge in [-0.1, -0.05) is 29.8 Å². The number of carboxylic acid groups (broad SMARTS) is 1. The second-order valence-corrected chi connectivity index (χ2v) is 7.35. The number of carboxylic acids is 1. The van der Waals surface area contributed by atoms with E-state index in [1.165, 1.54) is 6.20 Å². The molecule has 33 heavy (non-hydrogen) atoms. The minimum atomic E-state index is -1.12. The van der Waals surface area contributed by atoms with Crippen molar-refractivity contribution in [3.63, 3.8) is 0 Å². The Bertz CT molecular complexity index is 1280. The van der Waals surface area contributed by atoms with Crippen molar-refractivity contribution in [1.29, 1.82) is 0 Å². The van der Waals surface area contributed by atoms with Gasteiger partial charge in [0.1, 0.15) is 18.0 Å². The SMILES string of the molecule is O=C(O)CN(C(=O)COc1ccc(Oc2cnc3cc(Cl)ccc3n2)cc1)c1ccccc1. The molecular formula is C24H18ClN3O5. The summed E-state index contributed by atoms with van der Waals surface area (Å²) in [5.74, 6) is -0.337. The van der Waals surface area contributed by atoms with E-state index in [2.05, 4.69) is 9.97 Å².